The first-order chi connectivity index (χ1) is 21.1. The van der Waals surface area contributed by atoms with Crippen LogP contribution in [0, 0.1) is 30.6 Å². The number of anilines is 1. The van der Waals surface area contributed by atoms with Gasteiger partial charge in [0.25, 0.3) is 0 Å². The molecule has 1 aromatic heterocycles. The van der Waals surface area contributed by atoms with Gasteiger partial charge in [-0.3, -0.25) is 19.3 Å². The molecule has 6 atom stereocenters. The normalized spacial score (nSPS) is 25.5. The van der Waals surface area contributed by atoms with Crippen molar-refractivity contribution >= 4 is 83.6 Å². The Morgan fingerprint density at radius 1 is 0.932 bits per heavy atom. The van der Waals surface area contributed by atoms with Crippen molar-refractivity contribution in [2.24, 2.45) is 23.7 Å². The predicted octanol–water partition coefficient (Wildman–Crippen LogP) is 7.19. The number of nitrogens with zero attached hydrogens (tertiary/aromatic N) is 2. The zero-order chi connectivity index (χ0) is 30.9. The van der Waals surface area contributed by atoms with Crippen LogP contribution in [0.25, 0.3) is 22.2 Å². The largest absolute Gasteiger partial charge is 0.454 e. The van der Waals surface area contributed by atoms with Gasteiger partial charge in [0.15, 0.2) is 12.4 Å². The number of para-hydroxylation sites is 1. The highest BCUT2D eigenvalue weighted by Gasteiger charge is 2.66. The SMILES string of the molecule is Cc1ccc(C(=O)COC(=O)c2cc(-c3ccc(N4C(=O)C5C6CC(C(Br)C6Br)C5C4=O)cc3)nc3c(Cl)cccc23)cc1. The van der Waals surface area contributed by atoms with Gasteiger partial charge in [-0.2, -0.15) is 0 Å². The maximum absolute atomic E-state index is 13.5. The number of pyridine rings is 1. The molecule has 222 valence electrons. The monoisotopic (exact) mass is 734 g/mol. The summed E-state index contributed by atoms with van der Waals surface area (Å²) in [6, 6.07) is 20.8. The molecule has 2 saturated carbocycles. The Balaban J connectivity index is 1.16. The summed E-state index contributed by atoms with van der Waals surface area (Å²) in [5, 5.41) is 0.852. The van der Waals surface area contributed by atoms with Crippen LogP contribution < -0.4 is 4.90 Å². The Morgan fingerprint density at radius 3 is 2.20 bits per heavy atom. The average molecular weight is 737 g/mol. The van der Waals surface area contributed by atoms with E-state index in [0.29, 0.717) is 38.4 Å². The number of hydrogen-bond acceptors (Lipinski definition) is 6. The van der Waals surface area contributed by atoms with E-state index >= 15 is 0 Å². The number of ether oxygens (including phenoxy) is 1. The van der Waals surface area contributed by atoms with E-state index in [1.54, 1.807) is 60.7 Å². The summed E-state index contributed by atoms with van der Waals surface area (Å²) in [5.74, 6) is -1.63. The van der Waals surface area contributed by atoms with Crippen molar-refractivity contribution in [3.8, 4) is 11.3 Å². The summed E-state index contributed by atoms with van der Waals surface area (Å²) < 4.78 is 5.45. The molecule has 3 aliphatic rings. The number of carbonyl (C=O) groups is 4. The predicted molar refractivity (Wildman–Crippen MR) is 174 cm³/mol. The molecule has 4 aromatic rings. The van der Waals surface area contributed by atoms with Gasteiger partial charge >= 0.3 is 5.97 Å². The van der Waals surface area contributed by atoms with Gasteiger partial charge < -0.3 is 4.74 Å². The molecule has 7 rings (SSSR count). The van der Waals surface area contributed by atoms with Crippen molar-refractivity contribution in [1.82, 2.24) is 4.98 Å². The number of Topliss-reactive ketones (excluding diaryl/α,β-unsaturated/α-hetero) is 1. The number of amides is 2. The number of aryl methyl sites for hydroxylation is 1. The maximum atomic E-state index is 13.5. The summed E-state index contributed by atoms with van der Waals surface area (Å²) in [6.45, 7) is 1.51. The van der Waals surface area contributed by atoms with Crippen molar-refractivity contribution in [2.75, 3.05) is 11.5 Å². The van der Waals surface area contributed by atoms with Crippen molar-refractivity contribution in [1.29, 1.82) is 0 Å². The lowest BCUT2D eigenvalue weighted by Crippen LogP contribution is -2.37. The number of alkyl halides is 2. The number of hydrogen-bond donors (Lipinski definition) is 0. The number of rotatable bonds is 6. The van der Waals surface area contributed by atoms with Crippen molar-refractivity contribution in [3.63, 3.8) is 0 Å². The molecule has 3 fully saturated rings. The number of benzene rings is 3. The molecule has 2 bridgehead atoms. The molecule has 1 saturated heterocycles. The zero-order valence-electron chi connectivity index (χ0n) is 23.4. The van der Waals surface area contributed by atoms with E-state index in [0.717, 1.165) is 12.0 Å². The lowest BCUT2D eigenvalue weighted by Gasteiger charge is -2.28. The van der Waals surface area contributed by atoms with Crippen molar-refractivity contribution < 1.29 is 23.9 Å². The molecule has 6 unspecified atom stereocenters. The first-order valence-electron chi connectivity index (χ1n) is 14.3. The molecular weight excluding hydrogens is 712 g/mol. The highest BCUT2D eigenvalue weighted by molar-refractivity contribution is 9.12. The van der Waals surface area contributed by atoms with E-state index in [9.17, 15) is 19.2 Å². The molecular formula is C34H25Br2ClN2O5. The van der Waals surface area contributed by atoms with Crippen molar-refractivity contribution in [2.45, 2.75) is 23.0 Å². The second-order valence-electron chi connectivity index (χ2n) is 11.6. The number of carbonyl (C=O) groups excluding carboxylic acids is 4. The number of ketones is 1. The fourth-order valence-electron chi connectivity index (χ4n) is 6.95. The second kappa shape index (κ2) is 11.2. The van der Waals surface area contributed by atoms with Crippen LogP contribution in [0.1, 0.15) is 32.7 Å². The van der Waals surface area contributed by atoms with E-state index < -0.39 is 12.6 Å². The molecule has 2 heterocycles. The quantitative estimate of drug-likeness (QED) is 0.0902. The Labute approximate surface area is 275 Å². The summed E-state index contributed by atoms with van der Waals surface area (Å²) >= 11 is 14.0. The fraction of sp³-hybridized carbons (Fsp3) is 0.265. The lowest BCUT2D eigenvalue weighted by molar-refractivity contribution is -0.123. The van der Waals surface area contributed by atoms with Crippen LogP contribution in [-0.2, 0) is 14.3 Å². The molecule has 3 aromatic carbocycles. The molecule has 10 heteroatoms. The van der Waals surface area contributed by atoms with Gasteiger partial charge in [-0.15, -0.1) is 0 Å². The van der Waals surface area contributed by atoms with E-state index in [1.165, 1.54) is 4.90 Å². The first kappa shape index (κ1) is 29.3. The Kier molecular flexibility index (Phi) is 7.46. The molecule has 0 spiro atoms. The molecule has 44 heavy (non-hydrogen) atoms. The van der Waals surface area contributed by atoms with Crippen LogP contribution in [0.4, 0.5) is 5.69 Å². The van der Waals surface area contributed by atoms with E-state index in [-0.39, 0.29) is 56.5 Å². The number of halogens is 3. The maximum Gasteiger partial charge on any atom is 0.339 e. The van der Waals surface area contributed by atoms with Gasteiger partial charge in [-0.25, -0.2) is 9.78 Å². The molecule has 0 radical (unpaired) electrons. The standard InChI is InChI=1S/C34H25Br2ClN2O5/c1-16-5-7-18(8-6-16)26(40)15-44-34(43)21-14-25(38-31-20(21)3-2-4-24(31)37)17-9-11-19(12-10-17)39-32(41)27-22-13-23(28(27)33(39)42)30(36)29(22)35/h2-12,14,22-23,27-30H,13,15H2,1H3. The van der Waals surface area contributed by atoms with Gasteiger partial charge in [0.05, 0.1) is 39.3 Å². The smallest absolute Gasteiger partial charge is 0.339 e. The minimum absolute atomic E-state index is 0.131. The summed E-state index contributed by atoms with van der Waals surface area (Å²) in [4.78, 5) is 59.3. The van der Waals surface area contributed by atoms with Crippen LogP contribution in [-0.4, -0.2) is 44.8 Å². The van der Waals surface area contributed by atoms with Crippen LogP contribution in [0.2, 0.25) is 5.02 Å². The number of aromatic nitrogens is 1. The Hall–Kier alpha value is -3.40. The highest BCUT2D eigenvalue weighted by atomic mass is 79.9. The summed E-state index contributed by atoms with van der Waals surface area (Å²) in [5.41, 5.74) is 3.71. The van der Waals surface area contributed by atoms with Gasteiger partial charge in [-0.05, 0) is 49.4 Å². The van der Waals surface area contributed by atoms with Gasteiger partial charge in [0.2, 0.25) is 11.8 Å². The zero-order valence-corrected chi connectivity index (χ0v) is 27.3. The molecule has 7 nitrogen and oxygen atoms in total. The summed E-state index contributed by atoms with van der Waals surface area (Å²) in [7, 11) is 0. The molecule has 0 N–H and O–H groups in total. The number of imide groups is 1. The van der Waals surface area contributed by atoms with E-state index in [4.69, 9.17) is 21.3 Å². The topological polar surface area (TPSA) is 93.6 Å². The van der Waals surface area contributed by atoms with Crippen LogP contribution in [0.3, 0.4) is 0 Å². The third-order valence-corrected chi connectivity index (χ3v) is 12.6. The average Bonchev–Trinajstić information content (AvgIpc) is 3.64. The second-order valence-corrected chi connectivity index (χ2v) is 14.1. The third kappa shape index (κ3) is 4.71. The first-order valence-corrected chi connectivity index (χ1v) is 16.5. The minimum atomic E-state index is -0.678. The van der Waals surface area contributed by atoms with Crippen molar-refractivity contribution in [3.05, 3.63) is 94.5 Å². The molecule has 2 amide bonds. The molecule has 1 aliphatic heterocycles. The van der Waals surface area contributed by atoms with E-state index in [1.807, 2.05) is 19.1 Å². The lowest BCUT2D eigenvalue weighted by atomic mass is 9.81. The molecule has 2 aliphatic carbocycles. The van der Waals surface area contributed by atoms with Crippen LogP contribution >= 0.6 is 43.5 Å². The highest BCUT2D eigenvalue weighted by Crippen LogP contribution is 2.60. The van der Waals surface area contributed by atoms with Gasteiger partial charge in [0.1, 0.15) is 0 Å². The summed E-state index contributed by atoms with van der Waals surface area (Å²) in [6.07, 6.45) is 0.868. The van der Waals surface area contributed by atoms with Gasteiger partial charge in [-0.1, -0.05) is 97.6 Å². The minimum Gasteiger partial charge on any atom is -0.454 e. The fourth-order valence-corrected chi connectivity index (χ4v) is 9.04. The Morgan fingerprint density at radius 2 is 1.57 bits per heavy atom. The van der Waals surface area contributed by atoms with E-state index in [2.05, 4.69) is 31.9 Å². The van der Waals surface area contributed by atoms with Crippen LogP contribution in [0.15, 0.2) is 72.8 Å². The van der Waals surface area contributed by atoms with Crippen LogP contribution in [0.5, 0.6) is 0 Å². The third-order valence-electron chi connectivity index (χ3n) is 9.13. The Bertz CT molecular complexity index is 1830. The number of fused-ring (bicyclic) bond motifs is 6. The number of esters is 1. The van der Waals surface area contributed by atoms with Gasteiger partial charge in [0, 0.05) is 26.2 Å².